The van der Waals surface area contributed by atoms with Gasteiger partial charge in [-0.1, -0.05) is 0 Å². The van der Waals surface area contributed by atoms with Crippen LogP contribution in [0.15, 0.2) is 29.2 Å². The topological polar surface area (TPSA) is 79.0 Å². The summed E-state index contributed by atoms with van der Waals surface area (Å²) < 4.78 is 32.8. The van der Waals surface area contributed by atoms with Crippen LogP contribution in [0, 0.1) is 0 Å². The fourth-order valence-corrected chi connectivity index (χ4v) is 4.37. The van der Waals surface area contributed by atoms with Gasteiger partial charge in [-0.15, -0.1) is 0 Å². The van der Waals surface area contributed by atoms with E-state index in [9.17, 15) is 13.2 Å². The molecule has 2 heterocycles. The first kappa shape index (κ1) is 19.3. The average molecular weight is 381 g/mol. The van der Waals surface area contributed by atoms with E-state index in [4.69, 9.17) is 4.74 Å². The van der Waals surface area contributed by atoms with Gasteiger partial charge in [-0.25, -0.2) is 13.1 Å². The quantitative estimate of drug-likeness (QED) is 0.821. The molecule has 7 nitrogen and oxygen atoms in total. The van der Waals surface area contributed by atoms with Gasteiger partial charge in [0.25, 0.3) is 5.91 Å². The molecule has 8 heteroatoms. The van der Waals surface area contributed by atoms with E-state index in [1.54, 1.807) is 12.1 Å². The summed E-state index contributed by atoms with van der Waals surface area (Å²) in [6.45, 7) is 4.23. The Hall–Kier alpha value is -1.48. The molecule has 1 N–H and O–H groups in total. The number of rotatable bonds is 5. The van der Waals surface area contributed by atoms with Gasteiger partial charge in [0.15, 0.2) is 0 Å². The summed E-state index contributed by atoms with van der Waals surface area (Å²) in [5, 5.41) is 0. The minimum absolute atomic E-state index is 0.0448. The highest BCUT2D eigenvalue weighted by atomic mass is 32.2. The maximum Gasteiger partial charge on any atom is 0.253 e. The second-order valence-corrected chi connectivity index (χ2v) is 8.73. The molecule has 0 spiro atoms. The SMILES string of the molecule is CN1CCCN(C(=O)c2ccc(S(=O)(=O)NC[C@H]3CCCO3)cc2)CC1. The standard InChI is InChI=1S/C18H27N3O4S/c1-20-9-3-10-21(12-11-20)18(22)15-5-7-17(8-6-15)26(23,24)19-14-16-4-2-13-25-16/h5-8,16,19H,2-4,9-14H2,1H3/t16-/m1/s1. The van der Waals surface area contributed by atoms with Crippen LogP contribution in [0.5, 0.6) is 0 Å². The molecule has 26 heavy (non-hydrogen) atoms. The second kappa shape index (κ2) is 8.47. The fraction of sp³-hybridized carbons (Fsp3) is 0.611. The van der Waals surface area contributed by atoms with Crippen molar-refractivity contribution in [3.63, 3.8) is 0 Å². The van der Waals surface area contributed by atoms with Gasteiger partial charge in [0.05, 0.1) is 11.0 Å². The third-order valence-corrected chi connectivity index (χ3v) is 6.38. The number of likely N-dealkylation sites (N-methyl/N-ethyl adjacent to an activating group) is 1. The van der Waals surface area contributed by atoms with Crippen LogP contribution in [0.3, 0.4) is 0 Å². The minimum Gasteiger partial charge on any atom is -0.377 e. The Labute approximate surface area is 155 Å². The number of amides is 1. The molecule has 0 saturated carbocycles. The van der Waals surface area contributed by atoms with Crippen molar-refractivity contribution in [1.29, 1.82) is 0 Å². The zero-order valence-corrected chi connectivity index (χ0v) is 16.0. The van der Waals surface area contributed by atoms with E-state index in [-0.39, 0.29) is 23.5 Å². The lowest BCUT2D eigenvalue weighted by molar-refractivity contribution is 0.0762. The highest BCUT2D eigenvalue weighted by Crippen LogP contribution is 2.15. The van der Waals surface area contributed by atoms with Crippen LogP contribution in [0.4, 0.5) is 0 Å². The third-order valence-electron chi connectivity index (χ3n) is 4.94. The molecule has 0 aromatic heterocycles. The molecule has 0 radical (unpaired) electrons. The molecule has 144 valence electrons. The Bertz CT molecular complexity index is 714. The maximum atomic E-state index is 12.6. The zero-order chi connectivity index (χ0) is 18.6. The normalized spacial score (nSPS) is 22.3. The van der Waals surface area contributed by atoms with Crippen LogP contribution in [0.1, 0.15) is 29.6 Å². The van der Waals surface area contributed by atoms with E-state index in [0.29, 0.717) is 18.7 Å². The summed E-state index contributed by atoms with van der Waals surface area (Å²) in [5.74, 6) is -0.0448. The molecule has 2 saturated heterocycles. The van der Waals surface area contributed by atoms with E-state index < -0.39 is 10.0 Å². The van der Waals surface area contributed by atoms with E-state index >= 15 is 0 Å². The molecule has 0 bridgehead atoms. The largest absolute Gasteiger partial charge is 0.377 e. The van der Waals surface area contributed by atoms with Crippen molar-refractivity contribution < 1.29 is 17.9 Å². The van der Waals surface area contributed by atoms with E-state index in [0.717, 1.165) is 38.9 Å². The number of nitrogens with zero attached hydrogens (tertiary/aromatic N) is 2. The van der Waals surface area contributed by atoms with Gasteiger partial charge in [-0.05, 0) is 57.1 Å². The summed E-state index contributed by atoms with van der Waals surface area (Å²) in [4.78, 5) is 16.9. The second-order valence-electron chi connectivity index (χ2n) is 6.96. The minimum atomic E-state index is -3.59. The maximum absolute atomic E-state index is 12.6. The number of carbonyl (C=O) groups is 1. The van der Waals surface area contributed by atoms with Crippen molar-refractivity contribution >= 4 is 15.9 Å². The first-order valence-electron chi connectivity index (χ1n) is 9.15. The Kier molecular flexibility index (Phi) is 6.29. The van der Waals surface area contributed by atoms with Crippen molar-refractivity contribution in [1.82, 2.24) is 14.5 Å². The molecule has 2 aliphatic rings. The van der Waals surface area contributed by atoms with Crippen molar-refractivity contribution in [3.8, 4) is 0 Å². The average Bonchev–Trinajstić information content (AvgIpc) is 3.07. The number of benzene rings is 1. The van der Waals surface area contributed by atoms with E-state index in [1.165, 1.54) is 12.1 Å². The van der Waals surface area contributed by atoms with Gasteiger partial charge in [0.2, 0.25) is 10.0 Å². The summed E-state index contributed by atoms with van der Waals surface area (Å²) >= 11 is 0. The van der Waals surface area contributed by atoms with Crippen LogP contribution in [-0.2, 0) is 14.8 Å². The lowest BCUT2D eigenvalue weighted by Gasteiger charge is -2.20. The van der Waals surface area contributed by atoms with Crippen LogP contribution in [-0.4, -0.2) is 76.6 Å². The molecule has 1 atom stereocenters. The Morgan fingerprint density at radius 3 is 2.62 bits per heavy atom. The van der Waals surface area contributed by atoms with Crippen LogP contribution < -0.4 is 4.72 Å². The smallest absolute Gasteiger partial charge is 0.253 e. The lowest BCUT2D eigenvalue weighted by atomic mass is 10.2. The molecule has 2 fully saturated rings. The van der Waals surface area contributed by atoms with Crippen molar-refractivity contribution in [3.05, 3.63) is 29.8 Å². The molecule has 1 aromatic carbocycles. The van der Waals surface area contributed by atoms with E-state index in [1.807, 2.05) is 4.90 Å². The van der Waals surface area contributed by atoms with E-state index in [2.05, 4.69) is 16.7 Å². The highest BCUT2D eigenvalue weighted by Gasteiger charge is 2.22. The summed E-state index contributed by atoms with van der Waals surface area (Å²) in [7, 11) is -1.54. The van der Waals surface area contributed by atoms with Gasteiger partial charge in [0.1, 0.15) is 0 Å². The fourth-order valence-electron chi connectivity index (χ4n) is 3.30. The molecule has 1 aromatic rings. The lowest BCUT2D eigenvalue weighted by Crippen LogP contribution is -2.34. The van der Waals surface area contributed by atoms with Crippen molar-refractivity contribution in [2.45, 2.75) is 30.3 Å². The summed E-state index contributed by atoms with van der Waals surface area (Å²) in [5.41, 5.74) is 0.521. The third kappa shape index (κ3) is 4.82. The van der Waals surface area contributed by atoms with Crippen LogP contribution in [0.25, 0.3) is 0 Å². The molecular weight excluding hydrogens is 354 g/mol. The highest BCUT2D eigenvalue weighted by molar-refractivity contribution is 7.89. The molecule has 3 rings (SSSR count). The Morgan fingerprint density at radius 2 is 1.92 bits per heavy atom. The molecule has 0 aliphatic carbocycles. The molecule has 1 amide bonds. The number of nitrogens with one attached hydrogen (secondary N) is 1. The monoisotopic (exact) mass is 381 g/mol. The zero-order valence-electron chi connectivity index (χ0n) is 15.2. The summed E-state index contributed by atoms with van der Waals surface area (Å²) in [6.07, 6.45) is 2.74. The number of carbonyl (C=O) groups excluding carboxylic acids is 1. The predicted molar refractivity (Wildman–Crippen MR) is 98.6 cm³/mol. The first-order valence-corrected chi connectivity index (χ1v) is 10.6. The van der Waals surface area contributed by atoms with Crippen LogP contribution >= 0.6 is 0 Å². The molecular formula is C18H27N3O4S. The predicted octanol–water partition coefficient (Wildman–Crippen LogP) is 0.922. The van der Waals surface area contributed by atoms with Crippen molar-refractivity contribution in [2.75, 3.05) is 46.4 Å². The van der Waals surface area contributed by atoms with Gasteiger partial charge >= 0.3 is 0 Å². The van der Waals surface area contributed by atoms with Crippen LogP contribution in [0.2, 0.25) is 0 Å². The number of ether oxygens (including phenoxy) is 1. The first-order chi connectivity index (χ1) is 12.5. The number of sulfonamides is 1. The van der Waals surface area contributed by atoms with Crippen molar-refractivity contribution in [2.24, 2.45) is 0 Å². The Morgan fingerprint density at radius 1 is 1.15 bits per heavy atom. The number of hydrogen-bond acceptors (Lipinski definition) is 5. The number of hydrogen-bond donors (Lipinski definition) is 1. The van der Waals surface area contributed by atoms with Gasteiger partial charge in [0, 0.05) is 38.3 Å². The van der Waals surface area contributed by atoms with Gasteiger partial charge in [-0.2, -0.15) is 0 Å². The molecule has 2 aliphatic heterocycles. The summed E-state index contributed by atoms with van der Waals surface area (Å²) in [6, 6.07) is 6.18. The Balaban J connectivity index is 1.62. The molecule has 0 unspecified atom stereocenters. The van der Waals surface area contributed by atoms with Gasteiger partial charge in [-0.3, -0.25) is 4.79 Å². The van der Waals surface area contributed by atoms with Gasteiger partial charge < -0.3 is 14.5 Å².